The van der Waals surface area contributed by atoms with E-state index in [1.807, 2.05) is 30.3 Å². The van der Waals surface area contributed by atoms with Gasteiger partial charge in [0.05, 0.1) is 16.3 Å². The minimum absolute atomic E-state index is 0.0576. The van der Waals surface area contributed by atoms with Crippen LogP contribution in [0.5, 0.6) is 5.75 Å². The second-order valence-corrected chi connectivity index (χ2v) is 7.69. The van der Waals surface area contributed by atoms with Crippen molar-refractivity contribution < 1.29 is 18.3 Å². The van der Waals surface area contributed by atoms with E-state index in [2.05, 4.69) is 15.2 Å². The SMILES string of the molecule is O=C1NC(=S)SC1=Cc1cn(-c2ccccc2)nc1-c1ccc(OC(F)F)cc1. The van der Waals surface area contributed by atoms with E-state index in [4.69, 9.17) is 12.2 Å². The summed E-state index contributed by atoms with van der Waals surface area (Å²) in [5, 5.41) is 7.22. The maximum Gasteiger partial charge on any atom is 0.387 e. The molecule has 0 atom stereocenters. The van der Waals surface area contributed by atoms with Gasteiger partial charge in [-0.15, -0.1) is 0 Å². The Balaban J connectivity index is 1.77. The summed E-state index contributed by atoms with van der Waals surface area (Å²) in [6, 6.07) is 15.7. The zero-order valence-electron chi connectivity index (χ0n) is 14.7. The average molecular weight is 429 g/mol. The summed E-state index contributed by atoms with van der Waals surface area (Å²) in [6.07, 6.45) is 3.51. The van der Waals surface area contributed by atoms with Gasteiger partial charge in [-0.25, -0.2) is 4.68 Å². The Bertz CT molecular complexity index is 1100. The maximum atomic E-state index is 12.4. The van der Waals surface area contributed by atoms with Crippen LogP contribution in [0.4, 0.5) is 8.78 Å². The van der Waals surface area contributed by atoms with Gasteiger partial charge in [0.25, 0.3) is 5.91 Å². The Kier molecular flexibility index (Phi) is 5.41. The summed E-state index contributed by atoms with van der Waals surface area (Å²) >= 11 is 6.22. The molecule has 0 radical (unpaired) electrons. The highest BCUT2D eigenvalue weighted by molar-refractivity contribution is 8.26. The fraction of sp³-hybridized carbons (Fsp3) is 0.0500. The van der Waals surface area contributed by atoms with Gasteiger partial charge in [-0.05, 0) is 42.5 Å². The summed E-state index contributed by atoms with van der Waals surface area (Å²) in [7, 11) is 0. The number of hydrogen-bond donors (Lipinski definition) is 1. The van der Waals surface area contributed by atoms with Crippen molar-refractivity contribution in [2.45, 2.75) is 6.61 Å². The molecule has 0 bridgehead atoms. The second-order valence-electron chi connectivity index (χ2n) is 5.97. The number of aromatic nitrogens is 2. The number of hydrogen-bond acceptors (Lipinski definition) is 5. The van der Waals surface area contributed by atoms with Crippen molar-refractivity contribution in [3.05, 3.63) is 71.3 Å². The number of alkyl halides is 2. The molecule has 2 aromatic carbocycles. The number of carbonyl (C=O) groups is 1. The third-order valence-corrected chi connectivity index (χ3v) is 5.21. The van der Waals surface area contributed by atoms with E-state index in [1.54, 1.807) is 29.1 Å². The van der Waals surface area contributed by atoms with E-state index in [0.29, 0.717) is 26.0 Å². The van der Waals surface area contributed by atoms with Crippen molar-refractivity contribution in [2.75, 3.05) is 0 Å². The molecule has 1 aromatic heterocycles. The van der Waals surface area contributed by atoms with E-state index in [1.165, 1.54) is 23.9 Å². The molecule has 0 unspecified atom stereocenters. The van der Waals surface area contributed by atoms with Crippen LogP contribution in [0.1, 0.15) is 5.56 Å². The van der Waals surface area contributed by atoms with Gasteiger partial charge >= 0.3 is 6.61 Å². The van der Waals surface area contributed by atoms with Gasteiger partial charge in [0.15, 0.2) is 0 Å². The fourth-order valence-electron chi connectivity index (χ4n) is 2.79. The quantitative estimate of drug-likeness (QED) is 0.473. The number of nitrogens with zero attached hydrogens (tertiary/aromatic N) is 2. The van der Waals surface area contributed by atoms with Crippen LogP contribution in [-0.4, -0.2) is 26.6 Å². The molecule has 1 fully saturated rings. The lowest BCUT2D eigenvalue weighted by molar-refractivity contribution is -0.115. The van der Waals surface area contributed by atoms with Gasteiger partial charge in [0.2, 0.25) is 0 Å². The molecule has 1 aliphatic heterocycles. The van der Waals surface area contributed by atoms with Crippen LogP contribution < -0.4 is 10.1 Å². The molecule has 3 aromatic rings. The predicted octanol–water partition coefficient (Wildman–Crippen LogP) is 4.63. The highest BCUT2D eigenvalue weighted by Gasteiger charge is 2.23. The number of nitrogens with one attached hydrogen (secondary N) is 1. The number of thiocarbonyl (C=S) groups is 1. The molecule has 1 amide bonds. The van der Waals surface area contributed by atoms with Crippen LogP contribution in [0.2, 0.25) is 0 Å². The monoisotopic (exact) mass is 429 g/mol. The van der Waals surface area contributed by atoms with Crippen LogP contribution in [0.25, 0.3) is 23.0 Å². The number of rotatable bonds is 5. The van der Waals surface area contributed by atoms with Crippen LogP contribution in [0.15, 0.2) is 65.7 Å². The predicted molar refractivity (Wildman–Crippen MR) is 112 cm³/mol. The number of ether oxygens (including phenoxy) is 1. The molecule has 0 saturated carbocycles. The molecule has 2 heterocycles. The topological polar surface area (TPSA) is 56.2 Å². The number of carbonyl (C=O) groups excluding carboxylic acids is 1. The highest BCUT2D eigenvalue weighted by Crippen LogP contribution is 2.31. The molecule has 0 spiro atoms. The highest BCUT2D eigenvalue weighted by atomic mass is 32.2. The van der Waals surface area contributed by atoms with E-state index in [-0.39, 0.29) is 11.7 Å². The van der Waals surface area contributed by atoms with Crippen molar-refractivity contribution >= 4 is 40.3 Å². The molecule has 5 nitrogen and oxygen atoms in total. The van der Waals surface area contributed by atoms with Crippen LogP contribution in [0.3, 0.4) is 0 Å². The maximum absolute atomic E-state index is 12.4. The molecule has 4 rings (SSSR count). The van der Waals surface area contributed by atoms with Gasteiger partial charge < -0.3 is 10.1 Å². The first-order valence-corrected chi connectivity index (χ1v) is 9.67. The molecule has 0 aliphatic carbocycles. The van der Waals surface area contributed by atoms with Gasteiger partial charge in [0, 0.05) is 17.3 Å². The summed E-state index contributed by atoms with van der Waals surface area (Å²) in [6.45, 7) is -2.89. The summed E-state index contributed by atoms with van der Waals surface area (Å²) in [5.74, 6) is -0.207. The third-order valence-electron chi connectivity index (χ3n) is 4.04. The standard InChI is InChI=1S/C20H13F2N3O2S2/c21-19(22)27-15-8-6-12(7-9-15)17-13(10-16-18(26)23-20(28)29-16)11-25(24-17)14-4-2-1-3-5-14/h1-11,19H,(H,23,26,28). The lowest BCUT2D eigenvalue weighted by Gasteiger charge is -2.05. The number of amides is 1. The van der Waals surface area contributed by atoms with Crippen molar-refractivity contribution in [3.8, 4) is 22.7 Å². The van der Waals surface area contributed by atoms with Crippen molar-refractivity contribution in [3.63, 3.8) is 0 Å². The number of halogens is 2. The molecule has 9 heteroatoms. The lowest BCUT2D eigenvalue weighted by atomic mass is 10.1. The average Bonchev–Trinajstić information content (AvgIpc) is 3.26. The summed E-state index contributed by atoms with van der Waals surface area (Å²) < 4.78 is 31.3. The Labute approximate surface area is 174 Å². The first kappa shape index (κ1) is 19.3. The Morgan fingerprint density at radius 2 is 1.86 bits per heavy atom. The molecule has 1 N–H and O–H groups in total. The van der Waals surface area contributed by atoms with Gasteiger partial charge in [0.1, 0.15) is 10.1 Å². The van der Waals surface area contributed by atoms with E-state index in [0.717, 1.165) is 5.69 Å². The largest absolute Gasteiger partial charge is 0.435 e. The minimum atomic E-state index is -2.89. The van der Waals surface area contributed by atoms with Gasteiger partial charge in [-0.2, -0.15) is 13.9 Å². The molecule has 146 valence electrons. The third kappa shape index (κ3) is 4.36. The normalized spacial score (nSPS) is 15.2. The first-order chi connectivity index (χ1) is 14.0. The molecule has 29 heavy (non-hydrogen) atoms. The zero-order valence-corrected chi connectivity index (χ0v) is 16.3. The van der Waals surface area contributed by atoms with Crippen molar-refractivity contribution in [2.24, 2.45) is 0 Å². The van der Waals surface area contributed by atoms with Gasteiger partial charge in [-0.3, -0.25) is 4.79 Å². The van der Waals surface area contributed by atoms with Crippen LogP contribution in [-0.2, 0) is 4.79 Å². The Morgan fingerprint density at radius 3 is 2.48 bits per heavy atom. The smallest absolute Gasteiger partial charge is 0.387 e. The minimum Gasteiger partial charge on any atom is -0.435 e. The van der Waals surface area contributed by atoms with Gasteiger partial charge in [-0.1, -0.05) is 42.2 Å². The zero-order chi connectivity index (χ0) is 20.4. The molecule has 1 saturated heterocycles. The summed E-state index contributed by atoms with van der Waals surface area (Å²) in [5.41, 5.74) is 2.82. The van der Waals surface area contributed by atoms with Crippen LogP contribution in [0, 0.1) is 0 Å². The number of thioether (sulfide) groups is 1. The number of benzene rings is 2. The lowest BCUT2D eigenvalue weighted by Crippen LogP contribution is -2.17. The van der Waals surface area contributed by atoms with E-state index >= 15 is 0 Å². The van der Waals surface area contributed by atoms with Crippen LogP contribution >= 0.6 is 24.0 Å². The molecular weight excluding hydrogens is 416 g/mol. The fourth-order valence-corrected chi connectivity index (χ4v) is 3.82. The van der Waals surface area contributed by atoms with Crippen molar-refractivity contribution in [1.82, 2.24) is 15.1 Å². The van der Waals surface area contributed by atoms with E-state index in [9.17, 15) is 13.6 Å². The first-order valence-electron chi connectivity index (χ1n) is 8.45. The Hall–Kier alpha value is -3.04. The molecule has 1 aliphatic rings. The van der Waals surface area contributed by atoms with E-state index < -0.39 is 6.61 Å². The number of para-hydroxylation sites is 1. The molecular formula is C20H13F2N3O2S2. The Morgan fingerprint density at radius 1 is 1.14 bits per heavy atom. The summed E-state index contributed by atoms with van der Waals surface area (Å²) in [4.78, 5) is 12.5. The van der Waals surface area contributed by atoms with Crippen molar-refractivity contribution in [1.29, 1.82) is 0 Å². The second kappa shape index (κ2) is 8.14.